The number of aliphatic imine (C=N–C) groups is 1. The molecule has 0 aliphatic carbocycles. The average Bonchev–Trinajstić information content (AvgIpc) is 2.74. The second-order valence-electron chi connectivity index (χ2n) is 2.04. The number of thiophene rings is 1. The fourth-order valence-corrected chi connectivity index (χ4v) is 1.71. The van der Waals surface area contributed by atoms with Crippen molar-refractivity contribution < 1.29 is 0 Å². The van der Waals surface area contributed by atoms with Gasteiger partial charge in [-0.15, -0.1) is 10.2 Å². The van der Waals surface area contributed by atoms with Gasteiger partial charge in [-0.25, -0.2) is 4.99 Å². The van der Waals surface area contributed by atoms with Gasteiger partial charge in [-0.1, -0.05) is 11.3 Å². The minimum absolute atomic E-state index is 0.696. The first kappa shape index (κ1) is 7.57. The van der Waals surface area contributed by atoms with Crippen LogP contribution in [-0.4, -0.2) is 16.4 Å². The van der Waals surface area contributed by atoms with E-state index < -0.39 is 0 Å². The van der Waals surface area contributed by atoms with Crippen LogP contribution in [-0.2, 0) is 0 Å². The van der Waals surface area contributed by atoms with Crippen LogP contribution in [0.1, 0.15) is 5.56 Å². The molecule has 0 aliphatic rings. The summed E-state index contributed by atoms with van der Waals surface area (Å²) >= 11 is 3.08. The molecule has 0 saturated carbocycles. The van der Waals surface area contributed by atoms with Crippen LogP contribution >= 0.6 is 22.7 Å². The first-order chi connectivity index (χ1) is 5.95. The summed E-state index contributed by atoms with van der Waals surface area (Å²) in [6, 6.07) is 2.01. The lowest BCUT2D eigenvalue weighted by molar-refractivity contribution is 1.08. The third-order valence-electron chi connectivity index (χ3n) is 1.22. The van der Waals surface area contributed by atoms with Gasteiger partial charge >= 0.3 is 0 Å². The predicted molar refractivity (Wildman–Crippen MR) is 51.5 cm³/mol. The molecule has 0 atom stereocenters. The number of hydrogen-bond donors (Lipinski definition) is 0. The van der Waals surface area contributed by atoms with E-state index in [0.29, 0.717) is 5.13 Å². The number of nitrogens with zero attached hydrogens (tertiary/aromatic N) is 3. The highest BCUT2D eigenvalue weighted by molar-refractivity contribution is 7.13. The van der Waals surface area contributed by atoms with Crippen LogP contribution in [0.2, 0.25) is 0 Å². The van der Waals surface area contributed by atoms with E-state index >= 15 is 0 Å². The quantitative estimate of drug-likeness (QED) is 0.690. The Morgan fingerprint density at radius 3 is 3.17 bits per heavy atom. The van der Waals surface area contributed by atoms with Gasteiger partial charge in [-0.2, -0.15) is 11.3 Å². The summed E-state index contributed by atoms with van der Waals surface area (Å²) < 4.78 is 0. The zero-order valence-corrected chi connectivity index (χ0v) is 7.68. The summed E-state index contributed by atoms with van der Waals surface area (Å²) in [6.07, 6.45) is 1.79. The van der Waals surface area contributed by atoms with Crippen LogP contribution in [0.15, 0.2) is 27.3 Å². The molecule has 0 fully saturated rings. The lowest BCUT2D eigenvalue weighted by atomic mass is 10.4. The molecule has 2 rings (SSSR count). The molecule has 0 saturated heterocycles. The summed E-state index contributed by atoms with van der Waals surface area (Å²) in [4.78, 5) is 4.14. The number of rotatable bonds is 2. The highest BCUT2D eigenvalue weighted by atomic mass is 32.1. The van der Waals surface area contributed by atoms with Crippen molar-refractivity contribution >= 4 is 34.0 Å². The van der Waals surface area contributed by atoms with Gasteiger partial charge in [0.1, 0.15) is 5.51 Å². The number of hydrogen-bond acceptors (Lipinski definition) is 5. The van der Waals surface area contributed by atoms with Gasteiger partial charge < -0.3 is 0 Å². The topological polar surface area (TPSA) is 38.1 Å². The van der Waals surface area contributed by atoms with Crippen LogP contribution in [0.25, 0.3) is 0 Å². The van der Waals surface area contributed by atoms with E-state index in [2.05, 4.69) is 15.2 Å². The highest BCUT2D eigenvalue weighted by Crippen LogP contribution is 2.12. The van der Waals surface area contributed by atoms with Gasteiger partial charge in [0.2, 0.25) is 5.13 Å². The van der Waals surface area contributed by atoms with E-state index in [4.69, 9.17) is 0 Å². The van der Waals surface area contributed by atoms with E-state index in [0.717, 1.165) is 5.56 Å². The lowest BCUT2D eigenvalue weighted by Gasteiger charge is -1.80. The lowest BCUT2D eigenvalue weighted by Crippen LogP contribution is -1.72. The van der Waals surface area contributed by atoms with Gasteiger partial charge in [0, 0.05) is 11.8 Å². The molecule has 0 unspecified atom stereocenters. The minimum atomic E-state index is 0.696. The fraction of sp³-hybridized carbons (Fsp3) is 0. The highest BCUT2D eigenvalue weighted by Gasteiger charge is 1.90. The Morgan fingerprint density at radius 1 is 1.50 bits per heavy atom. The molecular formula is C7H5N3S2. The van der Waals surface area contributed by atoms with Crippen molar-refractivity contribution in [2.75, 3.05) is 0 Å². The van der Waals surface area contributed by atoms with Gasteiger partial charge in [0.05, 0.1) is 0 Å². The van der Waals surface area contributed by atoms with Crippen LogP contribution in [0.3, 0.4) is 0 Å². The van der Waals surface area contributed by atoms with Crippen molar-refractivity contribution in [1.29, 1.82) is 0 Å². The summed E-state index contributed by atoms with van der Waals surface area (Å²) in [5.74, 6) is 0. The van der Waals surface area contributed by atoms with Gasteiger partial charge in [0.15, 0.2) is 0 Å². The Hall–Kier alpha value is -1.07. The van der Waals surface area contributed by atoms with Crippen molar-refractivity contribution in [1.82, 2.24) is 10.2 Å². The molecule has 0 amide bonds. The molecule has 0 aromatic carbocycles. The van der Waals surface area contributed by atoms with E-state index in [1.54, 1.807) is 23.1 Å². The molecule has 0 aliphatic heterocycles. The standard InChI is InChI=1S/C7H5N3S2/c1-2-11-4-6(1)3-8-7-10-9-5-12-7/h1-5H/b8-3+. The SMILES string of the molecule is C(=N\c1nncs1)/c1ccsc1. The molecule has 60 valence electrons. The first-order valence-electron chi connectivity index (χ1n) is 3.27. The van der Waals surface area contributed by atoms with Crippen LogP contribution in [0, 0.1) is 0 Å². The zero-order chi connectivity index (χ0) is 8.23. The summed E-state index contributed by atoms with van der Waals surface area (Å²) in [6.45, 7) is 0. The summed E-state index contributed by atoms with van der Waals surface area (Å²) in [5, 5.41) is 12.2. The van der Waals surface area contributed by atoms with E-state index in [9.17, 15) is 0 Å². The Labute approximate surface area is 77.4 Å². The molecule has 2 aromatic rings. The summed E-state index contributed by atoms with van der Waals surface area (Å²) in [5.41, 5.74) is 2.77. The first-order valence-corrected chi connectivity index (χ1v) is 5.10. The maximum Gasteiger partial charge on any atom is 0.231 e. The molecule has 0 bridgehead atoms. The van der Waals surface area contributed by atoms with Crippen molar-refractivity contribution in [3.63, 3.8) is 0 Å². The molecule has 5 heteroatoms. The molecule has 2 heterocycles. The normalized spacial score (nSPS) is 11.0. The van der Waals surface area contributed by atoms with Crippen molar-refractivity contribution in [3.8, 4) is 0 Å². The molecule has 0 N–H and O–H groups in total. The maximum atomic E-state index is 4.14. The average molecular weight is 195 g/mol. The molecule has 0 spiro atoms. The smallest absolute Gasteiger partial charge is 0.226 e. The fourth-order valence-electron chi connectivity index (χ4n) is 0.702. The van der Waals surface area contributed by atoms with Gasteiger partial charge in [-0.3, -0.25) is 0 Å². The Kier molecular flexibility index (Phi) is 2.24. The Morgan fingerprint density at radius 2 is 2.50 bits per heavy atom. The molecular weight excluding hydrogens is 190 g/mol. The van der Waals surface area contributed by atoms with Crippen molar-refractivity contribution in [3.05, 3.63) is 27.9 Å². The van der Waals surface area contributed by atoms with Crippen LogP contribution in [0.4, 0.5) is 5.13 Å². The Bertz CT molecular complexity index is 314. The minimum Gasteiger partial charge on any atom is -0.226 e. The van der Waals surface area contributed by atoms with Crippen molar-refractivity contribution in [2.24, 2.45) is 4.99 Å². The van der Waals surface area contributed by atoms with Crippen molar-refractivity contribution in [2.45, 2.75) is 0 Å². The second kappa shape index (κ2) is 3.55. The third kappa shape index (κ3) is 1.75. The maximum absolute atomic E-state index is 4.14. The van der Waals surface area contributed by atoms with Crippen LogP contribution in [0.5, 0.6) is 0 Å². The molecule has 12 heavy (non-hydrogen) atoms. The third-order valence-corrected chi connectivity index (χ3v) is 2.51. The largest absolute Gasteiger partial charge is 0.231 e. The molecule has 3 nitrogen and oxygen atoms in total. The second-order valence-corrected chi connectivity index (χ2v) is 3.63. The Balaban J connectivity index is 2.14. The molecule has 0 radical (unpaired) electrons. The zero-order valence-electron chi connectivity index (χ0n) is 6.04. The predicted octanol–water partition coefficient (Wildman–Crippen LogP) is 2.35. The van der Waals surface area contributed by atoms with E-state index in [-0.39, 0.29) is 0 Å². The monoisotopic (exact) mass is 195 g/mol. The summed E-state index contributed by atoms with van der Waals surface area (Å²) in [7, 11) is 0. The number of aromatic nitrogens is 2. The van der Waals surface area contributed by atoms with Gasteiger partial charge in [-0.05, 0) is 16.8 Å². The van der Waals surface area contributed by atoms with E-state index in [1.807, 2.05) is 16.8 Å². The molecule has 2 aromatic heterocycles. The van der Waals surface area contributed by atoms with E-state index in [1.165, 1.54) is 11.3 Å². The van der Waals surface area contributed by atoms with Crippen LogP contribution < -0.4 is 0 Å². The van der Waals surface area contributed by atoms with Gasteiger partial charge in [0.25, 0.3) is 0 Å².